The minimum Gasteiger partial charge on any atom is -0.494 e. The number of benzene rings is 3. The van der Waals surface area contributed by atoms with Gasteiger partial charge in [-0.1, -0.05) is 60.7 Å². The van der Waals surface area contributed by atoms with Crippen LogP contribution in [0.2, 0.25) is 0 Å². The number of hydrogen-bond acceptors (Lipinski definition) is 7. The van der Waals surface area contributed by atoms with Crippen LogP contribution in [0.25, 0.3) is 22.2 Å². The summed E-state index contributed by atoms with van der Waals surface area (Å²) in [5.41, 5.74) is 4.18. The first kappa shape index (κ1) is 33.8. The van der Waals surface area contributed by atoms with Crippen LogP contribution in [0.3, 0.4) is 0 Å². The number of carbonyl (C=O) groups excluding carboxylic acids is 1. The molecule has 1 aliphatic heterocycles. The van der Waals surface area contributed by atoms with Gasteiger partial charge in [0.1, 0.15) is 30.3 Å². The average Bonchev–Trinajstić information content (AvgIpc) is 3.43. The largest absolute Gasteiger partial charge is 0.494 e. The van der Waals surface area contributed by atoms with Gasteiger partial charge in [-0.2, -0.15) is 10.1 Å². The van der Waals surface area contributed by atoms with Crippen LogP contribution in [0.1, 0.15) is 57.6 Å². The molecule has 0 bridgehead atoms. The van der Waals surface area contributed by atoms with E-state index < -0.39 is 5.60 Å². The van der Waals surface area contributed by atoms with Crippen molar-refractivity contribution in [3.8, 4) is 28.8 Å². The zero-order valence-corrected chi connectivity index (χ0v) is 28.9. The summed E-state index contributed by atoms with van der Waals surface area (Å²) in [6.07, 6.45) is 3.81. The monoisotopic (exact) mass is 662 g/mol. The van der Waals surface area contributed by atoms with Gasteiger partial charge in [0, 0.05) is 37.7 Å². The highest BCUT2D eigenvalue weighted by molar-refractivity contribution is 5.95. The van der Waals surface area contributed by atoms with Gasteiger partial charge >= 0.3 is 6.09 Å². The second-order valence-corrected chi connectivity index (χ2v) is 13.6. The van der Waals surface area contributed by atoms with Crippen LogP contribution in [-0.4, -0.2) is 51.1 Å². The van der Waals surface area contributed by atoms with E-state index in [1.165, 1.54) is 0 Å². The number of amides is 1. The molecule has 0 aliphatic carbocycles. The average molecular weight is 663 g/mol. The molecule has 1 amide bonds. The van der Waals surface area contributed by atoms with E-state index in [-0.39, 0.29) is 6.09 Å². The van der Waals surface area contributed by atoms with Gasteiger partial charge in [0.05, 0.1) is 17.7 Å². The summed E-state index contributed by atoms with van der Waals surface area (Å²) in [5.74, 6) is 2.35. The van der Waals surface area contributed by atoms with Crippen molar-refractivity contribution in [3.05, 3.63) is 102 Å². The number of aromatic nitrogens is 3. The molecule has 6 rings (SSSR count). The van der Waals surface area contributed by atoms with E-state index in [9.17, 15) is 4.79 Å². The molecule has 3 aromatic carbocycles. The molecule has 1 fully saturated rings. The molecule has 1 saturated heterocycles. The second-order valence-electron chi connectivity index (χ2n) is 13.6. The fraction of sp³-hybridized carbons (Fsp3) is 0.375. The summed E-state index contributed by atoms with van der Waals surface area (Å²) in [4.78, 5) is 19.0. The summed E-state index contributed by atoms with van der Waals surface area (Å²) in [6, 6.07) is 30.0. The topological polar surface area (TPSA) is 87.9 Å². The van der Waals surface area contributed by atoms with E-state index >= 15 is 0 Å². The Kier molecular flexibility index (Phi) is 10.7. The van der Waals surface area contributed by atoms with E-state index in [2.05, 4.69) is 6.07 Å². The molecule has 5 aromatic rings. The van der Waals surface area contributed by atoms with Crippen LogP contribution in [0, 0.1) is 5.92 Å². The number of likely N-dealkylation sites (tertiary alicyclic amines) is 1. The molecule has 2 aromatic heterocycles. The summed E-state index contributed by atoms with van der Waals surface area (Å²) < 4.78 is 26.0. The van der Waals surface area contributed by atoms with E-state index in [0.29, 0.717) is 37.5 Å². The predicted molar refractivity (Wildman–Crippen MR) is 191 cm³/mol. The SMILES string of the molecule is Cn1nc(-c2ccc(OCc3ccccc3)nc2OCc2ccccc2)c2ccc(OCCCC3CCN(C(=O)OC(C)(C)C)CC3)cc21. The molecule has 3 heterocycles. The maximum absolute atomic E-state index is 12.4. The molecular weight excluding hydrogens is 616 g/mol. The third kappa shape index (κ3) is 9.10. The molecule has 0 N–H and O–H groups in total. The summed E-state index contributed by atoms with van der Waals surface area (Å²) >= 11 is 0. The molecule has 0 unspecified atom stereocenters. The standard InChI is InChI=1S/C40H46N4O5/c1-40(2,3)49-39(45)44-23-21-29(22-24-44)16-11-25-46-32-17-18-33-35(26-32)43(4)42-37(33)34-19-20-36(47-27-30-12-7-5-8-13-30)41-38(34)48-28-31-14-9-6-10-15-31/h5-10,12-15,17-20,26,29H,11,16,21-25,27-28H2,1-4H3. The Morgan fingerprint density at radius 3 is 2.18 bits per heavy atom. The quantitative estimate of drug-likeness (QED) is 0.124. The number of fused-ring (bicyclic) bond motifs is 1. The Balaban J connectivity index is 1.10. The van der Waals surface area contributed by atoms with Crippen LogP contribution in [-0.2, 0) is 25.0 Å². The highest BCUT2D eigenvalue weighted by atomic mass is 16.6. The Bertz CT molecular complexity index is 1830. The maximum Gasteiger partial charge on any atom is 0.410 e. The number of carbonyl (C=O) groups is 1. The van der Waals surface area contributed by atoms with E-state index in [4.69, 9.17) is 29.0 Å². The highest BCUT2D eigenvalue weighted by Crippen LogP contribution is 2.36. The van der Waals surface area contributed by atoms with Gasteiger partial charge in [-0.25, -0.2) is 4.79 Å². The second kappa shape index (κ2) is 15.4. The number of aryl methyl sites for hydroxylation is 1. The summed E-state index contributed by atoms with van der Waals surface area (Å²) in [6.45, 7) is 8.62. The first-order valence-corrected chi connectivity index (χ1v) is 17.1. The molecule has 9 nitrogen and oxygen atoms in total. The van der Waals surface area contributed by atoms with Crippen molar-refractivity contribution in [2.45, 2.75) is 65.3 Å². The third-order valence-corrected chi connectivity index (χ3v) is 8.65. The molecule has 0 spiro atoms. The number of nitrogens with zero attached hydrogens (tertiary/aromatic N) is 4. The molecule has 0 saturated carbocycles. The molecule has 1 aliphatic rings. The normalized spacial score (nSPS) is 13.8. The van der Waals surface area contributed by atoms with E-state index in [1.54, 1.807) is 0 Å². The van der Waals surface area contributed by atoms with Gasteiger partial charge in [-0.3, -0.25) is 4.68 Å². The van der Waals surface area contributed by atoms with Crippen LogP contribution in [0.15, 0.2) is 91.0 Å². The van der Waals surface area contributed by atoms with Crippen molar-refractivity contribution in [1.29, 1.82) is 0 Å². The van der Waals surface area contributed by atoms with Crippen molar-refractivity contribution in [2.75, 3.05) is 19.7 Å². The van der Waals surface area contributed by atoms with E-state index in [0.717, 1.165) is 77.8 Å². The van der Waals surface area contributed by atoms with Gasteiger partial charge in [0.25, 0.3) is 0 Å². The van der Waals surface area contributed by atoms with Gasteiger partial charge in [-0.05, 0) is 81.7 Å². The molecule has 49 heavy (non-hydrogen) atoms. The molecule has 0 atom stereocenters. The van der Waals surface area contributed by atoms with Crippen LogP contribution in [0.5, 0.6) is 17.5 Å². The summed E-state index contributed by atoms with van der Waals surface area (Å²) in [7, 11) is 1.94. The number of hydrogen-bond donors (Lipinski definition) is 0. The van der Waals surface area contributed by atoms with Crippen molar-refractivity contribution in [1.82, 2.24) is 19.7 Å². The Hall–Kier alpha value is -5.05. The van der Waals surface area contributed by atoms with Crippen LogP contribution >= 0.6 is 0 Å². The molecule has 9 heteroatoms. The van der Waals surface area contributed by atoms with Crippen LogP contribution in [0.4, 0.5) is 4.79 Å². The van der Waals surface area contributed by atoms with Crippen molar-refractivity contribution >= 4 is 17.0 Å². The number of ether oxygens (including phenoxy) is 4. The molecule has 0 radical (unpaired) electrons. The molecular formula is C40H46N4O5. The maximum atomic E-state index is 12.4. The Labute approximate surface area is 288 Å². The summed E-state index contributed by atoms with van der Waals surface area (Å²) in [5, 5.41) is 5.88. The number of pyridine rings is 1. The predicted octanol–water partition coefficient (Wildman–Crippen LogP) is 8.60. The molecule has 256 valence electrons. The minimum absolute atomic E-state index is 0.208. The lowest BCUT2D eigenvalue weighted by atomic mass is 9.92. The van der Waals surface area contributed by atoms with Gasteiger partial charge in [0.2, 0.25) is 11.8 Å². The lowest BCUT2D eigenvalue weighted by molar-refractivity contribution is 0.0179. The van der Waals surface area contributed by atoms with Gasteiger partial charge < -0.3 is 23.8 Å². The van der Waals surface area contributed by atoms with Crippen molar-refractivity contribution in [2.24, 2.45) is 13.0 Å². The Morgan fingerprint density at radius 1 is 0.837 bits per heavy atom. The van der Waals surface area contributed by atoms with Crippen molar-refractivity contribution < 1.29 is 23.7 Å². The van der Waals surface area contributed by atoms with Crippen LogP contribution < -0.4 is 14.2 Å². The van der Waals surface area contributed by atoms with Gasteiger partial charge in [0.15, 0.2) is 0 Å². The number of rotatable bonds is 12. The first-order chi connectivity index (χ1) is 23.7. The fourth-order valence-electron chi connectivity index (χ4n) is 6.07. The van der Waals surface area contributed by atoms with Gasteiger partial charge in [-0.15, -0.1) is 0 Å². The highest BCUT2D eigenvalue weighted by Gasteiger charge is 2.26. The lowest BCUT2D eigenvalue weighted by Gasteiger charge is -2.33. The third-order valence-electron chi connectivity index (χ3n) is 8.65. The smallest absolute Gasteiger partial charge is 0.410 e. The first-order valence-electron chi connectivity index (χ1n) is 17.1. The van der Waals surface area contributed by atoms with Crippen molar-refractivity contribution in [3.63, 3.8) is 0 Å². The lowest BCUT2D eigenvalue weighted by Crippen LogP contribution is -2.41. The zero-order valence-electron chi connectivity index (χ0n) is 28.9. The zero-order chi connectivity index (χ0) is 34.2. The Morgan fingerprint density at radius 2 is 1.51 bits per heavy atom. The minimum atomic E-state index is -0.466. The fourth-order valence-corrected chi connectivity index (χ4v) is 6.07. The van der Waals surface area contributed by atoms with E-state index in [1.807, 2.05) is 122 Å². The number of piperidine rings is 1.